The van der Waals surface area contributed by atoms with Gasteiger partial charge in [-0.2, -0.15) is 0 Å². The summed E-state index contributed by atoms with van der Waals surface area (Å²) in [7, 11) is -3.29. The molecular formula is C18H23NO6S. The van der Waals surface area contributed by atoms with Crippen molar-refractivity contribution in [2.75, 3.05) is 24.7 Å². The van der Waals surface area contributed by atoms with Crippen LogP contribution in [0.25, 0.3) is 0 Å². The number of benzene rings is 1. The zero-order valence-electron chi connectivity index (χ0n) is 14.3. The van der Waals surface area contributed by atoms with Crippen molar-refractivity contribution in [2.45, 2.75) is 24.8 Å². The normalized spacial score (nSPS) is 23.2. The smallest absolute Gasteiger partial charge is 0.154 e. The fourth-order valence-corrected chi connectivity index (χ4v) is 4.94. The number of hydrogen-bond acceptors (Lipinski definition) is 7. The van der Waals surface area contributed by atoms with Crippen molar-refractivity contribution in [3.8, 4) is 5.75 Å². The van der Waals surface area contributed by atoms with E-state index in [1.54, 1.807) is 29.2 Å². The Labute approximate surface area is 152 Å². The van der Waals surface area contributed by atoms with Gasteiger partial charge in [0.25, 0.3) is 0 Å². The fraction of sp³-hybridized carbons (Fsp3) is 0.444. The third-order valence-corrected chi connectivity index (χ3v) is 6.03. The molecule has 2 aromatic rings. The van der Waals surface area contributed by atoms with Crippen molar-refractivity contribution in [1.29, 1.82) is 0 Å². The van der Waals surface area contributed by atoms with Gasteiger partial charge in [0.1, 0.15) is 24.2 Å². The van der Waals surface area contributed by atoms with E-state index in [0.717, 1.165) is 0 Å². The number of ether oxygens (including phenoxy) is 1. The Hall–Kier alpha value is -1.87. The Kier molecular flexibility index (Phi) is 5.98. The molecule has 3 rings (SSSR count). The van der Waals surface area contributed by atoms with Crippen LogP contribution in [0.4, 0.5) is 0 Å². The second-order valence-electron chi connectivity index (χ2n) is 6.50. The summed E-state index contributed by atoms with van der Waals surface area (Å²) in [6.45, 7) is 0.520. The third-order valence-electron chi connectivity index (χ3n) is 4.33. The summed E-state index contributed by atoms with van der Waals surface area (Å²) < 4.78 is 34.6. The molecule has 2 N–H and O–H groups in total. The maximum Gasteiger partial charge on any atom is 0.154 e. The number of furan rings is 1. The highest BCUT2D eigenvalue weighted by Gasteiger charge is 2.40. The molecule has 0 bridgehead atoms. The van der Waals surface area contributed by atoms with Gasteiger partial charge in [-0.15, -0.1) is 0 Å². The van der Waals surface area contributed by atoms with Crippen molar-refractivity contribution in [1.82, 2.24) is 4.90 Å². The molecule has 3 atom stereocenters. The van der Waals surface area contributed by atoms with Crippen LogP contribution in [0.5, 0.6) is 5.75 Å². The van der Waals surface area contributed by atoms with Gasteiger partial charge in [0, 0.05) is 6.54 Å². The average molecular weight is 381 g/mol. The molecule has 142 valence electrons. The van der Waals surface area contributed by atoms with E-state index in [2.05, 4.69) is 0 Å². The summed E-state index contributed by atoms with van der Waals surface area (Å²) in [5.74, 6) is 0.884. The molecule has 8 heteroatoms. The zero-order valence-corrected chi connectivity index (χ0v) is 15.1. The highest BCUT2D eigenvalue weighted by molar-refractivity contribution is 7.91. The number of aliphatic hydroxyl groups excluding tert-OH is 2. The van der Waals surface area contributed by atoms with Gasteiger partial charge in [0.2, 0.25) is 0 Å². The van der Waals surface area contributed by atoms with Crippen LogP contribution in [0.2, 0.25) is 0 Å². The van der Waals surface area contributed by atoms with E-state index in [9.17, 15) is 18.6 Å². The molecule has 1 fully saturated rings. The first-order chi connectivity index (χ1) is 12.4. The van der Waals surface area contributed by atoms with Crippen molar-refractivity contribution < 1.29 is 27.8 Å². The average Bonchev–Trinajstić information content (AvgIpc) is 3.20. The van der Waals surface area contributed by atoms with Gasteiger partial charge in [0.15, 0.2) is 9.84 Å². The number of para-hydroxylation sites is 1. The zero-order chi connectivity index (χ0) is 18.6. The maximum atomic E-state index is 11.9. The summed E-state index contributed by atoms with van der Waals surface area (Å²) in [6.07, 6.45) is -0.303. The highest BCUT2D eigenvalue weighted by Crippen LogP contribution is 2.21. The van der Waals surface area contributed by atoms with Crippen LogP contribution in [-0.4, -0.2) is 66.4 Å². The highest BCUT2D eigenvalue weighted by atomic mass is 32.2. The van der Waals surface area contributed by atoms with Gasteiger partial charge >= 0.3 is 0 Å². The molecule has 0 unspecified atom stereocenters. The molecule has 0 spiro atoms. The maximum absolute atomic E-state index is 11.9. The van der Waals surface area contributed by atoms with Crippen LogP contribution in [0, 0.1) is 0 Å². The lowest BCUT2D eigenvalue weighted by Gasteiger charge is -2.31. The molecule has 1 aromatic carbocycles. The number of sulfone groups is 1. The standard InChI is InChI=1S/C18H23NO6S/c20-14(11-25-15-5-2-1-3-6-15)9-19(10-16-7-4-8-24-16)17-12-26(22,23)13-18(17)21/h1-8,14,17-18,20-21H,9-13H2/t14-,17+,18+/m1/s1. The van der Waals surface area contributed by atoms with Crippen LogP contribution >= 0.6 is 0 Å². The number of hydrogen-bond donors (Lipinski definition) is 2. The Morgan fingerprint density at radius 2 is 1.96 bits per heavy atom. The van der Waals surface area contributed by atoms with E-state index in [0.29, 0.717) is 18.1 Å². The molecule has 7 nitrogen and oxygen atoms in total. The lowest BCUT2D eigenvalue weighted by atomic mass is 10.1. The Bertz CT molecular complexity index is 777. The summed E-state index contributed by atoms with van der Waals surface area (Å²) >= 11 is 0. The van der Waals surface area contributed by atoms with Crippen LogP contribution < -0.4 is 4.74 Å². The lowest BCUT2D eigenvalue weighted by molar-refractivity contribution is 0.0190. The molecule has 0 amide bonds. The molecule has 0 radical (unpaired) electrons. The second-order valence-corrected chi connectivity index (χ2v) is 8.65. The predicted molar refractivity (Wildman–Crippen MR) is 95.5 cm³/mol. The number of nitrogens with zero attached hydrogens (tertiary/aromatic N) is 1. The minimum absolute atomic E-state index is 0.0637. The Morgan fingerprint density at radius 3 is 2.58 bits per heavy atom. The number of aliphatic hydroxyl groups is 2. The molecule has 0 aliphatic carbocycles. The van der Waals surface area contributed by atoms with E-state index in [4.69, 9.17) is 9.15 Å². The third kappa shape index (κ3) is 5.07. The molecule has 1 aliphatic heterocycles. The van der Waals surface area contributed by atoms with E-state index in [1.807, 2.05) is 18.2 Å². The monoisotopic (exact) mass is 381 g/mol. The second kappa shape index (κ2) is 8.22. The first kappa shape index (κ1) is 18.9. The molecule has 1 aliphatic rings. The Morgan fingerprint density at radius 1 is 1.19 bits per heavy atom. The van der Waals surface area contributed by atoms with Crippen LogP contribution in [0.15, 0.2) is 53.1 Å². The van der Waals surface area contributed by atoms with Gasteiger partial charge in [0.05, 0.1) is 36.5 Å². The molecule has 1 aromatic heterocycles. The lowest BCUT2D eigenvalue weighted by Crippen LogP contribution is -2.47. The van der Waals surface area contributed by atoms with Crippen molar-refractivity contribution in [3.05, 3.63) is 54.5 Å². The molecule has 26 heavy (non-hydrogen) atoms. The van der Waals surface area contributed by atoms with Gasteiger partial charge in [-0.25, -0.2) is 8.42 Å². The number of rotatable bonds is 8. The molecule has 0 saturated carbocycles. The quantitative estimate of drug-likeness (QED) is 0.693. The van der Waals surface area contributed by atoms with E-state index < -0.39 is 28.1 Å². The van der Waals surface area contributed by atoms with E-state index in [1.165, 1.54) is 6.26 Å². The minimum Gasteiger partial charge on any atom is -0.491 e. The first-order valence-corrected chi connectivity index (χ1v) is 10.3. The van der Waals surface area contributed by atoms with E-state index in [-0.39, 0.29) is 24.7 Å². The van der Waals surface area contributed by atoms with Crippen molar-refractivity contribution in [2.24, 2.45) is 0 Å². The van der Waals surface area contributed by atoms with Crippen LogP contribution in [0.1, 0.15) is 5.76 Å². The first-order valence-electron chi connectivity index (χ1n) is 8.44. The summed E-state index contributed by atoms with van der Waals surface area (Å²) in [5.41, 5.74) is 0. The SMILES string of the molecule is O=S1(=O)C[C@H](O)[C@@H](N(Cc2ccco2)C[C@@H](O)COc2ccccc2)C1. The van der Waals surface area contributed by atoms with Crippen LogP contribution in [-0.2, 0) is 16.4 Å². The fourth-order valence-electron chi connectivity index (χ4n) is 3.11. The summed E-state index contributed by atoms with van der Waals surface area (Å²) in [6, 6.07) is 12.1. The van der Waals surface area contributed by atoms with Gasteiger partial charge in [-0.3, -0.25) is 4.90 Å². The van der Waals surface area contributed by atoms with Crippen molar-refractivity contribution in [3.63, 3.8) is 0 Å². The minimum atomic E-state index is -3.29. The topological polar surface area (TPSA) is 100 Å². The molecule has 2 heterocycles. The molecule has 1 saturated heterocycles. The predicted octanol–water partition coefficient (Wildman–Crippen LogP) is 0.679. The van der Waals surface area contributed by atoms with Gasteiger partial charge in [-0.1, -0.05) is 18.2 Å². The van der Waals surface area contributed by atoms with Crippen LogP contribution in [0.3, 0.4) is 0 Å². The Balaban J connectivity index is 1.65. The molecular weight excluding hydrogens is 358 g/mol. The van der Waals surface area contributed by atoms with E-state index >= 15 is 0 Å². The van der Waals surface area contributed by atoms with Crippen molar-refractivity contribution >= 4 is 9.84 Å². The van der Waals surface area contributed by atoms with Gasteiger partial charge in [-0.05, 0) is 24.3 Å². The summed E-state index contributed by atoms with van der Waals surface area (Å²) in [4.78, 5) is 1.74. The summed E-state index contributed by atoms with van der Waals surface area (Å²) in [5, 5.41) is 20.5. The largest absolute Gasteiger partial charge is 0.491 e. The van der Waals surface area contributed by atoms with Gasteiger partial charge < -0.3 is 19.4 Å².